The lowest BCUT2D eigenvalue weighted by molar-refractivity contribution is -0.141. The Morgan fingerprint density at radius 2 is 2.10 bits per heavy atom. The standard InChI is InChI=1S/C13H15F3N2O2/c1-8(12(17)19)9-5-6-11(13(14,15)16)18-10(9)4-3-7-20-2/h5-6H,1,3-4,7H2,2H3,(H2,17,19). The predicted octanol–water partition coefficient (Wildman–Crippen LogP) is 2.18. The first-order valence-electron chi connectivity index (χ1n) is 5.82. The van der Waals surface area contributed by atoms with E-state index in [4.69, 9.17) is 10.5 Å². The lowest BCUT2D eigenvalue weighted by Crippen LogP contribution is -2.16. The third-order valence-electron chi connectivity index (χ3n) is 2.65. The molecule has 0 radical (unpaired) electrons. The molecule has 0 fully saturated rings. The van der Waals surface area contributed by atoms with Crippen molar-refractivity contribution in [3.63, 3.8) is 0 Å². The Morgan fingerprint density at radius 1 is 1.45 bits per heavy atom. The normalized spacial score (nSPS) is 11.4. The van der Waals surface area contributed by atoms with Crippen LogP contribution in [0.4, 0.5) is 13.2 Å². The summed E-state index contributed by atoms with van der Waals surface area (Å²) >= 11 is 0. The van der Waals surface area contributed by atoms with E-state index in [1.807, 2.05) is 0 Å². The van der Waals surface area contributed by atoms with E-state index in [2.05, 4.69) is 11.6 Å². The Balaban J connectivity index is 3.16. The molecule has 20 heavy (non-hydrogen) atoms. The average Bonchev–Trinajstić information content (AvgIpc) is 2.37. The van der Waals surface area contributed by atoms with Gasteiger partial charge in [-0.3, -0.25) is 4.79 Å². The van der Waals surface area contributed by atoms with Gasteiger partial charge in [0.2, 0.25) is 5.91 Å². The van der Waals surface area contributed by atoms with Gasteiger partial charge in [-0.1, -0.05) is 12.6 Å². The Morgan fingerprint density at radius 3 is 2.60 bits per heavy atom. The van der Waals surface area contributed by atoms with Gasteiger partial charge in [0.1, 0.15) is 5.69 Å². The first kappa shape index (κ1) is 16.2. The third kappa shape index (κ3) is 4.06. The van der Waals surface area contributed by atoms with Crippen molar-refractivity contribution in [2.45, 2.75) is 19.0 Å². The summed E-state index contributed by atoms with van der Waals surface area (Å²) in [5.74, 6) is -0.792. The van der Waals surface area contributed by atoms with Gasteiger partial charge in [-0.15, -0.1) is 0 Å². The van der Waals surface area contributed by atoms with Crippen LogP contribution in [0.3, 0.4) is 0 Å². The van der Waals surface area contributed by atoms with Crippen molar-refractivity contribution >= 4 is 11.5 Å². The molecule has 0 saturated carbocycles. The predicted molar refractivity (Wildman–Crippen MR) is 67.7 cm³/mol. The number of alkyl halides is 3. The fourth-order valence-electron chi connectivity index (χ4n) is 1.64. The number of amides is 1. The molecule has 0 aliphatic carbocycles. The Hall–Kier alpha value is -1.89. The number of carbonyl (C=O) groups excluding carboxylic acids is 1. The molecule has 110 valence electrons. The summed E-state index contributed by atoms with van der Waals surface area (Å²) < 4.78 is 42.8. The quantitative estimate of drug-likeness (QED) is 0.644. The van der Waals surface area contributed by atoms with Gasteiger partial charge in [-0.2, -0.15) is 13.2 Å². The van der Waals surface area contributed by atoms with Crippen LogP contribution in [-0.4, -0.2) is 24.6 Å². The van der Waals surface area contributed by atoms with Crippen molar-refractivity contribution in [3.8, 4) is 0 Å². The fourth-order valence-corrected chi connectivity index (χ4v) is 1.64. The maximum Gasteiger partial charge on any atom is 0.433 e. The van der Waals surface area contributed by atoms with Crippen molar-refractivity contribution in [1.29, 1.82) is 0 Å². The summed E-state index contributed by atoms with van der Waals surface area (Å²) in [7, 11) is 1.49. The van der Waals surface area contributed by atoms with E-state index >= 15 is 0 Å². The number of carbonyl (C=O) groups is 1. The number of primary amides is 1. The number of halogens is 3. The van der Waals surface area contributed by atoms with Gasteiger partial charge in [0.25, 0.3) is 0 Å². The zero-order valence-corrected chi connectivity index (χ0v) is 11.0. The van der Waals surface area contributed by atoms with E-state index in [9.17, 15) is 18.0 Å². The van der Waals surface area contributed by atoms with Gasteiger partial charge in [0.05, 0.1) is 0 Å². The number of aryl methyl sites for hydroxylation is 1. The fraction of sp³-hybridized carbons (Fsp3) is 0.385. The first-order chi connectivity index (χ1) is 9.27. The Labute approximate surface area is 114 Å². The molecule has 0 aromatic carbocycles. The largest absolute Gasteiger partial charge is 0.433 e. The maximum atomic E-state index is 12.6. The van der Waals surface area contributed by atoms with Crippen LogP contribution in [0.1, 0.15) is 23.4 Å². The zero-order valence-electron chi connectivity index (χ0n) is 11.0. The van der Waals surface area contributed by atoms with E-state index in [1.165, 1.54) is 13.2 Å². The first-order valence-corrected chi connectivity index (χ1v) is 5.82. The van der Waals surface area contributed by atoms with Crippen LogP contribution in [0.25, 0.3) is 5.57 Å². The molecule has 0 bridgehead atoms. The molecule has 0 saturated heterocycles. The van der Waals surface area contributed by atoms with E-state index in [0.717, 1.165) is 6.07 Å². The molecule has 0 spiro atoms. The average molecular weight is 288 g/mol. The SMILES string of the molecule is C=C(C(N)=O)c1ccc(C(F)(F)F)nc1CCCOC. The van der Waals surface area contributed by atoms with Crippen LogP contribution in [-0.2, 0) is 22.1 Å². The number of rotatable bonds is 6. The number of hydrogen-bond donors (Lipinski definition) is 1. The van der Waals surface area contributed by atoms with Gasteiger partial charge in [0.15, 0.2) is 0 Å². The smallest absolute Gasteiger partial charge is 0.385 e. The molecular formula is C13H15F3N2O2. The van der Waals surface area contributed by atoms with Crippen LogP contribution < -0.4 is 5.73 Å². The molecular weight excluding hydrogens is 273 g/mol. The van der Waals surface area contributed by atoms with E-state index in [-0.39, 0.29) is 23.3 Å². The summed E-state index contributed by atoms with van der Waals surface area (Å²) in [6, 6.07) is 1.98. The number of methoxy groups -OCH3 is 1. The van der Waals surface area contributed by atoms with Crippen molar-refractivity contribution < 1.29 is 22.7 Å². The topological polar surface area (TPSA) is 65.2 Å². The van der Waals surface area contributed by atoms with Crippen molar-refractivity contribution in [2.24, 2.45) is 5.73 Å². The highest BCUT2D eigenvalue weighted by atomic mass is 19.4. The molecule has 0 atom stereocenters. The molecule has 1 aromatic rings. The summed E-state index contributed by atoms with van der Waals surface area (Å²) in [5.41, 5.74) is 4.41. The second-order valence-corrected chi connectivity index (χ2v) is 4.13. The molecule has 1 rings (SSSR count). The van der Waals surface area contributed by atoms with Crippen LogP contribution in [0.2, 0.25) is 0 Å². The van der Waals surface area contributed by atoms with Crippen LogP contribution in [0.15, 0.2) is 18.7 Å². The van der Waals surface area contributed by atoms with Crippen LogP contribution in [0.5, 0.6) is 0 Å². The minimum Gasteiger partial charge on any atom is -0.385 e. The summed E-state index contributed by atoms with van der Waals surface area (Å²) in [6.07, 6.45) is -3.83. The van der Waals surface area contributed by atoms with Crippen molar-refractivity contribution in [2.75, 3.05) is 13.7 Å². The summed E-state index contributed by atoms with van der Waals surface area (Å²) in [4.78, 5) is 14.7. The molecule has 4 nitrogen and oxygen atoms in total. The number of aromatic nitrogens is 1. The van der Waals surface area contributed by atoms with Crippen molar-refractivity contribution in [3.05, 3.63) is 35.7 Å². The zero-order chi connectivity index (χ0) is 15.3. The van der Waals surface area contributed by atoms with Gasteiger partial charge in [0, 0.05) is 30.5 Å². The maximum absolute atomic E-state index is 12.6. The molecule has 0 aliphatic heterocycles. The van der Waals surface area contributed by atoms with Crippen molar-refractivity contribution in [1.82, 2.24) is 4.98 Å². The number of ether oxygens (including phenoxy) is 1. The Bertz CT molecular complexity index is 513. The minimum atomic E-state index is -4.54. The molecule has 1 heterocycles. The van der Waals surface area contributed by atoms with Crippen LogP contribution >= 0.6 is 0 Å². The molecule has 0 aliphatic rings. The summed E-state index contributed by atoms with van der Waals surface area (Å²) in [6.45, 7) is 3.85. The monoisotopic (exact) mass is 288 g/mol. The lowest BCUT2D eigenvalue weighted by atomic mass is 10.0. The lowest BCUT2D eigenvalue weighted by Gasteiger charge is -2.13. The number of hydrogen-bond acceptors (Lipinski definition) is 3. The third-order valence-corrected chi connectivity index (χ3v) is 2.65. The molecule has 0 unspecified atom stereocenters. The molecule has 7 heteroatoms. The van der Waals surface area contributed by atoms with E-state index in [0.29, 0.717) is 13.0 Å². The molecule has 1 aromatic heterocycles. The second-order valence-electron chi connectivity index (χ2n) is 4.13. The second kappa shape index (κ2) is 6.51. The van der Waals surface area contributed by atoms with Gasteiger partial charge >= 0.3 is 6.18 Å². The molecule has 2 N–H and O–H groups in total. The minimum absolute atomic E-state index is 0.0568. The van der Waals surface area contributed by atoms with Gasteiger partial charge < -0.3 is 10.5 Å². The van der Waals surface area contributed by atoms with E-state index in [1.54, 1.807) is 0 Å². The van der Waals surface area contributed by atoms with Gasteiger partial charge in [-0.05, 0) is 18.9 Å². The number of pyridine rings is 1. The number of nitrogens with two attached hydrogens (primary N) is 1. The van der Waals surface area contributed by atoms with E-state index < -0.39 is 17.8 Å². The highest BCUT2D eigenvalue weighted by molar-refractivity contribution is 6.18. The van der Waals surface area contributed by atoms with Crippen LogP contribution in [0, 0.1) is 0 Å². The highest BCUT2D eigenvalue weighted by Gasteiger charge is 2.33. The van der Waals surface area contributed by atoms with Gasteiger partial charge in [-0.25, -0.2) is 4.98 Å². The highest BCUT2D eigenvalue weighted by Crippen LogP contribution is 2.29. The number of nitrogens with zero attached hydrogens (tertiary/aromatic N) is 1. The molecule has 1 amide bonds. The summed E-state index contributed by atoms with van der Waals surface area (Å²) in [5, 5.41) is 0. The Kier molecular flexibility index (Phi) is 5.26.